The molecule has 3 aromatic rings. The van der Waals surface area contributed by atoms with Crippen molar-refractivity contribution in [1.29, 1.82) is 0 Å². The molecule has 0 fully saturated rings. The highest BCUT2D eigenvalue weighted by molar-refractivity contribution is 5.96. The molecule has 2 aromatic heterocycles. The minimum Gasteiger partial charge on any atom is -0.460 e. The first-order valence-electron chi connectivity index (χ1n) is 10.7. The van der Waals surface area contributed by atoms with E-state index in [1.807, 2.05) is 37.3 Å². The molecule has 2 aliphatic rings. The monoisotopic (exact) mass is 432 g/mol. The van der Waals surface area contributed by atoms with Crippen molar-refractivity contribution in [3.05, 3.63) is 63.4 Å². The van der Waals surface area contributed by atoms with Gasteiger partial charge in [0.15, 0.2) is 0 Å². The first-order valence-corrected chi connectivity index (χ1v) is 10.7. The molecular weight excluding hydrogens is 408 g/mol. The molecule has 0 spiro atoms. The summed E-state index contributed by atoms with van der Waals surface area (Å²) in [6.45, 7) is 7.52. The average molecular weight is 432 g/mol. The van der Waals surface area contributed by atoms with Crippen LogP contribution in [0.4, 0.5) is 0 Å². The topological polar surface area (TPSA) is 87.5 Å². The fourth-order valence-corrected chi connectivity index (χ4v) is 4.64. The third-order valence-electron chi connectivity index (χ3n) is 6.08. The van der Waals surface area contributed by atoms with Crippen molar-refractivity contribution in [2.45, 2.75) is 58.3 Å². The Bertz CT molecular complexity index is 1370. The molecule has 2 aliphatic heterocycles. The van der Waals surface area contributed by atoms with Crippen LogP contribution in [0.5, 0.6) is 0 Å². The van der Waals surface area contributed by atoms with E-state index in [1.54, 1.807) is 31.4 Å². The fourth-order valence-electron chi connectivity index (χ4n) is 4.64. The Morgan fingerprint density at radius 1 is 1.22 bits per heavy atom. The SMILES string of the molecule is CCC1(CC(=O)OC(C)(C)C)OC(=O)c2c1cc1n(c2=O)Cc2cc3ccccc3nc2-1. The van der Waals surface area contributed by atoms with Crippen LogP contribution in [0.2, 0.25) is 0 Å². The Morgan fingerprint density at radius 3 is 2.69 bits per heavy atom. The zero-order valence-corrected chi connectivity index (χ0v) is 18.5. The van der Waals surface area contributed by atoms with Crippen LogP contribution < -0.4 is 5.56 Å². The van der Waals surface area contributed by atoms with E-state index in [2.05, 4.69) is 0 Å². The number of fused-ring (bicyclic) bond motifs is 5. The summed E-state index contributed by atoms with van der Waals surface area (Å²) in [5.41, 5.74) is 1.22. The predicted molar refractivity (Wildman–Crippen MR) is 118 cm³/mol. The average Bonchev–Trinajstić information content (AvgIpc) is 3.21. The number of aromatic nitrogens is 2. The number of benzene rings is 1. The fraction of sp³-hybridized carbons (Fsp3) is 0.360. The van der Waals surface area contributed by atoms with Gasteiger partial charge in [-0.2, -0.15) is 0 Å². The minimum atomic E-state index is -1.23. The van der Waals surface area contributed by atoms with E-state index in [4.69, 9.17) is 14.5 Å². The number of hydrogen-bond acceptors (Lipinski definition) is 6. The van der Waals surface area contributed by atoms with Crippen LogP contribution in [-0.2, 0) is 26.4 Å². The van der Waals surface area contributed by atoms with Crippen molar-refractivity contribution in [1.82, 2.24) is 9.55 Å². The lowest BCUT2D eigenvalue weighted by Gasteiger charge is -2.29. The summed E-state index contributed by atoms with van der Waals surface area (Å²) in [6.07, 6.45) is 0.187. The van der Waals surface area contributed by atoms with Gasteiger partial charge in [0.2, 0.25) is 0 Å². The summed E-state index contributed by atoms with van der Waals surface area (Å²) in [5, 5.41) is 0.992. The third kappa shape index (κ3) is 3.03. The van der Waals surface area contributed by atoms with E-state index in [9.17, 15) is 14.4 Å². The minimum absolute atomic E-state index is 0.00322. The quantitative estimate of drug-likeness (QED) is 0.456. The van der Waals surface area contributed by atoms with Gasteiger partial charge < -0.3 is 14.0 Å². The van der Waals surface area contributed by atoms with Crippen LogP contribution in [0, 0.1) is 0 Å². The Labute approximate surface area is 185 Å². The van der Waals surface area contributed by atoms with E-state index in [1.165, 1.54) is 0 Å². The number of nitrogens with zero attached hydrogens (tertiary/aromatic N) is 2. The number of cyclic esters (lactones) is 1. The highest BCUT2D eigenvalue weighted by atomic mass is 16.6. The number of rotatable bonds is 3. The maximum absolute atomic E-state index is 13.4. The number of ether oxygens (including phenoxy) is 2. The molecule has 7 heteroatoms. The van der Waals surface area contributed by atoms with Crippen LogP contribution in [0.3, 0.4) is 0 Å². The number of carbonyl (C=O) groups is 2. The van der Waals surface area contributed by atoms with Gasteiger partial charge in [-0.15, -0.1) is 0 Å². The molecule has 1 atom stereocenters. The van der Waals surface area contributed by atoms with Gasteiger partial charge in [-0.25, -0.2) is 9.78 Å². The molecule has 0 N–H and O–H groups in total. The maximum Gasteiger partial charge on any atom is 0.345 e. The smallest absolute Gasteiger partial charge is 0.345 e. The molecule has 0 radical (unpaired) electrons. The molecule has 1 unspecified atom stereocenters. The van der Waals surface area contributed by atoms with Gasteiger partial charge >= 0.3 is 11.9 Å². The predicted octanol–water partition coefficient (Wildman–Crippen LogP) is 3.93. The second-order valence-corrected chi connectivity index (χ2v) is 9.40. The van der Waals surface area contributed by atoms with Gasteiger partial charge in [0.25, 0.3) is 5.56 Å². The van der Waals surface area contributed by atoms with Gasteiger partial charge in [0.1, 0.15) is 16.8 Å². The summed E-state index contributed by atoms with van der Waals surface area (Å²) in [5.74, 6) is -1.18. The lowest BCUT2D eigenvalue weighted by molar-refractivity contribution is -0.160. The van der Waals surface area contributed by atoms with Crippen LogP contribution in [0.15, 0.2) is 41.2 Å². The molecular formula is C25H24N2O5. The van der Waals surface area contributed by atoms with Crippen molar-refractivity contribution < 1.29 is 19.1 Å². The number of carbonyl (C=O) groups excluding carboxylic acids is 2. The van der Waals surface area contributed by atoms with Gasteiger partial charge in [-0.05, 0) is 45.4 Å². The number of hydrogen-bond donors (Lipinski definition) is 0. The highest BCUT2D eigenvalue weighted by Gasteiger charge is 2.49. The van der Waals surface area contributed by atoms with Crippen molar-refractivity contribution in [3.63, 3.8) is 0 Å². The zero-order chi connectivity index (χ0) is 22.8. The first-order chi connectivity index (χ1) is 15.1. The largest absolute Gasteiger partial charge is 0.460 e. The molecule has 7 nitrogen and oxygen atoms in total. The molecule has 164 valence electrons. The molecule has 0 aliphatic carbocycles. The Kier molecular flexibility index (Phi) is 4.31. The lowest BCUT2D eigenvalue weighted by Crippen LogP contribution is -2.33. The van der Waals surface area contributed by atoms with Gasteiger partial charge in [0, 0.05) is 16.5 Å². The summed E-state index contributed by atoms with van der Waals surface area (Å²) >= 11 is 0. The molecule has 1 aromatic carbocycles. The Hall–Kier alpha value is -3.48. The molecule has 0 bridgehead atoms. The van der Waals surface area contributed by atoms with Crippen molar-refractivity contribution >= 4 is 22.8 Å². The normalized spacial score (nSPS) is 18.8. The number of esters is 2. The molecule has 0 saturated heterocycles. The van der Waals surface area contributed by atoms with E-state index in [0.717, 1.165) is 16.5 Å². The van der Waals surface area contributed by atoms with E-state index < -0.39 is 28.7 Å². The molecule has 5 rings (SSSR count). The summed E-state index contributed by atoms with van der Waals surface area (Å²) in [4.78, 5) is 43.6. The summed E-state index contributed by atoms with van der Waals surface area (Å²) < 4.78 is 12.7. The van der Waals surface area contributed by atoms with Gasteiger partial charge in [-0.3, -0.25) is 9.59 Å². The van der Waals surface area contributed by atoms with E-state index in [-0.39, 0.29) is 12.0 Å². The van der Waals surface area contributed by atoms with Crippen LogP contribution in [0.1, 0.15) is 62.0 Å². The second kappa shape index (κ2) is 6.76. The first kappa shape index (κ1) is 20.4. The molecule has 4 heterocycles. The summed E-state index contributed by atoms with van der Waals surface area (Å²) in [7, 11) is 0. The standard InChI is InChI=1S/C25H24N2O5/c1-5-25(12-19(28)31-24(2,3)4)16-11-18-21-15(10-14-8-6-7-9-17(14)26-21)13-27(18)22(29)20(16)23(30)32-25/h6-11H,5,12-13H2,1-4H3. The van der Waals surface area contributed by atoms with Crippen molar-refractivity contribution in [2.24, 2.45) is 0 Å². The van der Waals surface area contributed by atoms with Gasteiger partial charge in [-0.1, -0.05) is 25.1 Å². The Balaban J connectivity index is 1.66. The van der Waals surface area contributed by atoms with Crippen LogP contribution in [-0.4, -0.2) is 27.1 Å². The second-order valence-electron chi connectivity index (χ2n) is 9.40. The van der Waals surface area contributed by atoms with E-state index in [0.29, 0.717) is 29.9 Å². The molecule has 0 amide bonds. The van der Waals surface area contributed by atoms with Crippen LogP contribution in [0.25, 0.3) is 22.3 Å². The number of pyridine rings is 2. The summed E-state index contributed by atoms with van der Waals surface area (Å²) in [6, 6.07) is 11.6. The number of para-hydroxylation sites is 1. The van der Waals surface area contributed by atoms with E-state index >= 15 is 0 Å². The maximum atomic E-state index is 13.4. The zero-order valence-electron chi connectivity index (χ0n) is 18.5. The molecule has 32 heavy (non-hydrogen) atoms. The van der Waals surface area contributed by atoms with Crippen LogP contribution >= 0.6 is 0 Å². The van der Waals surface area contributed by atoms with Gasteiger partial charge in [0.05, 0.1) is 29.9 Å². The highest BCUT2D eigenvalue weighted by Crippen LogP contribution is 2.44. The third-order valence-corrected chi connectivity index (χ3v) is 6.08. The Morgan fingerprint density at radius 2 is 1.97 bits per heavy atom. The molecule has 0 saturated carbocycles. The van der Waals surface area contributed by atoms with Crippen molar-refractivity contribution in [3.8, 4) is 11.4 Å². The van der Waals surface area contributed by atoms with Crippen molar-refractivity contribution in [2.75, 3.05) is 0 Å². The lowest BCUT2D eigenvalue weighted by atomic mass is 9.86.